The van der Waals surface area contributed by atoms with E-state index in [1.807, 2.05) is 13.1 Å². The topological polar surface area (TPSA) is 94.5 Å². The second kappa shape index (κ2) is 10.7. The number of aromatic nitrogens is 4. The van der Waals surface area contributed by atoms with Crippen molar-refractivity contribution in [3.63, 3.8) is 0 Å². The van der Waals surface area contributed by atoms with Gasteiger partial charge in [-0.15, -0.1) is 24.0 Å². The van der Waals surface area contributed by atoms with E-state index in [4.69, 9.17) is 0 Å². The predicted octanol–water partition coefficient (Wildman–Crippen LogP) is 0.694. The zero-order valence-corrected chi connectivity index (χ0v) is 17.1. The van der Waals surface area contributed by atoms with Crippen LogP contribution in [0, 0.1) is 0 Å². The largest absolute Gasteiger partial charge is 0.367 e. The van der Waals surface area contributed by atoms with E-state index >= 15 is 0 Å². The molecule has 0 radical (unpaired) electrons. The van der Waals surface area contributed by atoms with E-state index in [9.17, 15) is 0 Å². The Morgan fingerprint density at radius 1 is 1.04 bits per heavy atom. The minimum Gasteiger partial charge on any atom is -0.367 e. The van der Waals surface area contributed by atoms with Gasteiger partial charge in [-0.05, 0) is 6.07 Å². The minimum atomic E-state index is 0. The standard InChI is InChI=1S/C16H23N9.HI/c1-17-15(23-8-7-20-14-13-18-5-6-19-14)24-9-11-25(12-10-24)16-21-3-2-4-22-16;/h2-6,13H,7-12H2,1H3,(H,17,23)(H,19,20);1H. The smallest absolute Gasteiger partial charge is 0.225 e. The van der Waals surface area contributed by atoms with E-state index in [1.54, 1.807) is 31.0 Å². The number of nitrogens with zero attached hydrogens (tertiary/aromatic N) is 7. The minimum absolute atomic E-state index is 0. The molecule has 9 nitrogen and oxygen atoms in total. The first-order valence-electron chi connectivity index (χ1n) is 8.34. The number of rotatable bonds is 5. The molecule has 0 atom stereocenters. The SMILES string of the molecule is CN=C(NCCNc1cnccn1)N1CCN(c2ncccn2)CC1.I. The molecule has 2 aromatic rings. The molecule has 26 heavy (non-hydrogen) atoms. The molecule has 1 fully saturated rings. The zero-order chi connectivity index (χ0) is 17.3. The highest BCUT2D eigenvalue weighted by Gasteiger charge is 2.20. The summed E-state index contributed by atoms with van der Waals surface area (Å²) >= 11 is 0. The Balaban J connectivity index is 0.00000243. The molecule has 0 saturated carbocycles. The predicted molar refractivity (Wildman–Crippen MR) is 113 cm³/mol. The van der Waals surface area contributed by atoms with Crippen LogP contribution >= 0.6 is 24.0 Å². The lowest BCUT2D eigenvalue weighted by Crippen LogP contribution is -2.53. The third kappa shape index (κ3) is 5.64. The number of hydrogen-bond acceptors (Lipinski definition) is 7. The van der Waals surface area contributed by atoms with Crippen molar-refractivity contribution in [2.24, 2.45) is 4.99 Å². The van der Waals surface area contributed by atoms with Gasteiger partial charge in [0.1, 0.15) is 5.82 Å². The van der Waals surface area contributed by atoms with Crippen molar-refractivity contribution >= 4 is 41.7 Å². The molecule has 3 heterocycles. The van der Waals surface area contributed by atoms with Crippen LogP contribution in [-0.4, -0.2) is 77.1 Å². The van der Waals surface area contributed by atoms with Gasteiger partial charge in [0.25, 0.3) is 0 Å². The average Bonchev–Trinajstić information content (AvgIpc) is 2.70. The Morgan fingerprint density at radius 2 is 1.81 bits per heavy atom. The third-order valence-electron chi connectivity index (χ3n) is 3.90. The monoisotopic (exact) mass is 469 g/mol. The van der Waals surface area contributed by atoms with Crippen LogP contribution < -0.4 is 15.5 Å². The Labute approximate surface area is 170 Å². The summed E-state index contributed by atoms with van der Waals surface area (Å²) < 4.78 is 0. The fourth-order valence-corrected chi connectivity index (χ4v) is 2.66. The van der Waals surface area contributed by atoms with Crippen LogP contribution in [-0.2, 0) is 0 Å². The maximum Gasteiger partial charge on any atom is 0.225 e. The molecule has 0 spiro atoms. The Bertz CT molecular complexity index is 660. The first-order valence-corrected chi connectivity index (χ1v) is 8.34. The third-order valence-corrected chi connectivity index (χ3v) is 3.90. The molecular weight excluding hydrogens is 445 g/mol. The number of anilines is 2. The maximum absolute atomic E-state index is 4.38. The van der Waals surface area contributed by atoms with Crippen LogP contribution in [0.15, 0.2) is 42.0 Å². The number of aliphatic imine (C=N–C) groups is 1. The van der Waals surface area contributed by atoms with Crippen LogP contribution in [0.3, 0.4) is 0 Å². The summed E-state index contributed by atoms with van der Waals surface area (Å²) in [5.74, 6) is 2.48. The summed E-state index contributed by atoms with van der Waals surface area (Å²) in [5.41, 5.74) is 0. The van der Waals surface area contributed by atoms with E-state index in [-0.39, 0.29) is 24.0 Å². The molecule has 3 rings (SSSR count). The van der Waals surface area contributed by atoms with Crippen molar-refractivity contribution in [2.75, 3.05) is 56.5 Å². The van der Waals surface area contributed by atoms with Gasteiger partial charge in [0.05, 0.1) is 6.20 Å². The van der Waals surface area contributed by atoms with Crippen LogP contribution in [0.1, 0.15) is 0 Å². The first kappa shape index (κ1) is 20.1. The van der Waals surface area contributed by atoms with E-state index in [0.717, 1.165) is 57.0 Å². The second-order valence-corrected chi connectivity index (χ2v) is 5.51. The Morgan fingerprint density at radius 3 is 2.46 bits per heavy atom. The summed E-state index contributed by atoms with van der Waals surface area (Å²) in [6.07, 6.45) is 8.59. The van der Waals surface area contributed by atoms with Crippen molar-refractivity contribution in [1.29, 1.82) is 0 Å². The number of nitrogens with one attached hydrogen (secondary N) is 2. The van der Waals surface area contributed by atoms with Gasteiger partial charge in [-0.2, -0.15) is 0 Å². The molecule has 0 aromatic carbocycles. The number of halogens is 1. The molecule has 0 bridgehead atoms. The van der Waals surface area contributed by atoms with Crippen molar-refractivity contribution in [3.8, 4) is 0 Å². The van der Waals surface area contributed by atoms with E-state index in [0.29, 0.717) is 0 Å². The lowest BCUT2D eigenvalue weighted by atomic mass is 10.3. The Hall–Kier alpha value is -2.24. The molecule has 0 aliphatic carbocycles. The van der Waals surface area contributed by atoms with Crippen LogP contribution in [0.4, 0.5) is 11.8 Å². The van der Waals surface area contributed by atoms with E-state index < -0.39 is 0 Å². The van der Waals surface area contributed by atoms with Gasteiger partial charge in [-0.25, -0.2) is 15.0 Å². The lowest BCUT2D eigenvalue weighted by molar-refractivity contribution is 0.371. The average molecular weight is 469 g/mol. The molecule has 2 N–H and O–H groups in total. The zero-order valence-electron chi connectivity index (χ0n) is 14.7. The van der Waals surface area contributed by atoms with Gasteiger partial charge in [0.2, 0.25) is 5.95 Å². The highest BCUT2D eigenvalue weighted by atomic mass is 127. The van der Waals surface area contributed by atoms with E-state index in [1.165, 1.54) is 0 Å². The molecule has 2 aromatic heterocycles. The van der Waals surface area contributed by atoms with Gasteiger partial charge in [-0.3, -0.25) is 9.98 Å². The lowest BCUT2D eigenvalue weighted by Gasteiger charge is -2.36. The van der Waals surface area contributed by atoms with Gasteiger partial charge in [0, 0.05) is 71.1 Å². The van der Waals surface area contributed by atoms with Crippen LogP contribution in [0.2, 0.25) is 0 Å². The van der Waals surface area contributed by atoms with Gasteiger partial charge in [-0.1, -0.05) is 0 Å². The normalized spacial score (nSPS) is 14.6. The second-order valence-electron chi connectivity index (χ2n) is 5.51. The fraction of sp³-hybridized carbons (Fsp3) is 0.438. The molecule has 1 aliphatic rings. The van der Waals surface area contributed by atoms with Crippen molar-refractivity contribution < 1.29 is 0 Å². The molecule has 1 saturated heterocycles. The first-order chi connectivity index (χ1) is 12.4. The van der Waals surface area contributed by atoms with Crippen LogP contribution in [0.5, 0.6) is 0 Å². The maximum atomic E-state index is 4.38. The van der Waals surface area contributed by atoms with Crippen LogP contribution in [0.25, 0.3) is 0 Å². The van der Waals surface area contributed by atoms with Gasteiger partial charge in [0.15, 0.2) is 5.96 Å². The van der Waals surface area contributed by atoms with E-state index in [2.05, 4.69) is 45.4 Å². The van der Waals surface area contributed by atoms with Gasteiger partial charge >= 0.3 is 0 Å². The summed E-state index contributed by atoms with van der Waals surface area (Å²) in [7, 11) is 1.81. The molecule has 0 amide bonds. The van der Waals surface area contributed by atoms with Crippen molar-refractivity contribution in [3.05, 3.63) is 37.1 Å². The molecule has 140 valence electrons. The molecule has 10 heteroatoms. The Kier molecular flexibility index (Phi) is 8.25. The highest BCUT2D eigenvalue weighted by Crippen LogP contribution is 2.09. The summed E-state index contributed by atoms with van der Waals surface area (Å²) in [4.78, 5) is 25.7. The quantitative estimate of drug-likeness (QED) is 0.286. The fourth-order valence-electron chi connectivity index (χ4n) is 2.66. The number of piperazine rings is 1. The molecular formula is C16H24IN9. The summed E-state index contributed by atoms with van der Waals surface area (Å²) in [6.45, 7) is 5.02. The van der Waals surface area contributed by atoms with Crippen molar-refractivity contribution in [2.45, 2.75) is 0 Å². The number of guanidine groups is 1. The summed E-state index contributed by atoms with van der Waals surface area (Å²) in [6, 6.07) is 1.83. The summed E-state index contributed by atoms with van der Waals surface area (Å²) in [5, 5.41) is 6.60. The number of hydrogen-bond donors (Lipinski definition) is 2. The highest BCUT2D eigenvalue weighted by molar-refractivity contribution is 14.0. The van der Waals surface area contributed by atoms with Gasteiger partial charge < -0.3 is 20.4 Å². The molecule has 0 unspecified atom stereocenters. The molecule has 1 aliphatic heterocycles. The van der Waals surface area contributed by atoms with Crippen molar-refractivity contribution in [1.82, 2.24) is 30.2 Å².